The molecular formula is C16H26N2OS. The zero-order valence-corrected chi connectivity index (χ0v) is 13.8. The highest BCUT2D eigenvalue weighted by molar-refractivity contribution is 7.99. The first-order valence-electron chi connectivity index (χ1n) is 7.43. The standard InChI is InChI=1S/C16H26N2OS/c1-5-6-7-10-20-13(4)14-8-9-15(17-11-14)16(19)18-12(2)3/h8-9,11-13H,5-7,10H2,1-4H3,(H,18,19). The molecule has 1 rings (SSSR count). The van der Waals surface area contributed by atoms with Crippen molar-refractivity contribution in [2.24, 2.45) is 0 Å². The van der Waals surface area contributed by atoms with Gasteiger partial charge in [0.25, 0.3) is 5.91 Å². The van der Waals surface area contributed by atoms with Gasteiger partial charge in [0, 0.05) is 17.5 Å². The van der Waals surface area contributed by atoms with E-state index in [-0.39, 0.29) is 11.9 Å². The Morgan fingerprint density at radius 3 is 2.60 bits per heavy atom. The zero-order valence-electron chi connectivity index (χ0n) is 13.0. The molecule has 1 atom stereocenters. The summed E-state index contributed by atoms with van der Waals surface area (Å²) in [7, 11) is 0. The summed E-state index contributed by atoms with van der Waals surface area (Å²) in [6.07, 6.45) is 5.66. The van der Waals surface area contributed by atoms with E-state index in [0.717, 1.165) is 0 Å². The van der Waals surface area contributed by atoms with Crippen LogP contribution in [-0.4, -0.2) is 22.7 Å². The number of thioether (sulfide) groups is 1. The summed E-state index contributed by atoms with van der Waals surface area (Å²) < 4.78 is 0. The Kier molecular flexibility index (Phi) is 7.67. The molecule has 1 aromatic heterocycles. The fourth-order valence-electron chi connectivity index (χ4n) is 1.82. The Bertz CT molecular complexity index is 403. The molecule has 0 saturated heterocycles. The predicted molar refractivity (Wildman–Crippen MR) is 87.2 cm³/mol. The average Bonchev–Trinajstić information content (AvgIpc) is 2.43. The van der Waals surface area contributed by atoms with Gasteiger partial charge in [-0.1, -0.05) is 25.8 Å². The Labute approximate surface area is 126 Å². The minimum atomic E-state index is -0.102. The van der Waals surface area contributed by atoms with Crippen LogP contribution in [0.3, 0.4) is 0 Å². The maximum atomic E-state index is 11.8. The molecule has 0 bridgehead atoms. The van der Waals surface area contributed by atoms with Gasteiger partial charge in [0.05, 0.1) is 0 Å². The number of unbranched alkanes of at least 4 members (excludes halogenated alkanes) is 2. The van der Waals surface area contributed by atoms with Crippen molar-refractivity contribution in [1.29, 1.82) is 0 Å². The van der Waals surface area contributed by atoms with Crippen LogP contribution in [0.5, 0.6) is 0 Å². The number of aromatic nitrogens is 1. The van der Waals surface area contributed by atoms with E-state index in [9.17, 15) is 4.79 Å². The van der Waals surface area contributed by atoms with Gasteiger partial charge >= 0.3 is 0 Å². The Balaban J connectivity index is 2.50. The molecule has 4 heteroatoms. The molecule has 1 unspecified atom stereocenters. The third-order valence-corrected chi connectivity index (χ3v) is 4.32. The average molecular weight is 294 g/mol. The van der Waals surface area contributed by atoms with Crippen LogP contribution in [0.15, 0.2) is 18.3 Å². The monoisotopic (exact) mass is 294 g/mol. The van der Waals surface area contributed by atoms with Crippen molar-refractivity contribution in [3.8, 4) is 0 Å². The second kappa shape index (κ2) is 9.01. The predicted octanol–water partition coefficient (Wildman–Crippen LogP) is 4.20. The van der Waals surface area contributed by atoms with Gasteiger partial charge in [-0.05, 0) is 44.6 Å². The summed E-state index contributed by atoms with van der Waals surface area (Å²) in [5.41, 5.74) is 1.68. The van der Waals surface area contributed by atoms with Gasteiger partial charge in [0.2, 0.25) is 0 Å². The third kappa shape index (κ3) is 5.95. The highest BCUT2D eigenvalue weighted by atomic mass is 32.2. The van der Waals surface area contributed by atoms with Crippen molar-refractivity contribution < 1.29 is 4.79 Å². The highest BCUT2D eigenvalue weighted by Gasteiger charge is 2.10. The molecule has 0 spiro atoms. The molecule has 20 heavy (non-hydrogen) atoms. The number of nitrogens with zero attached hydrogens (tertiary/aromatic N) is 1. The number of hydrogen-bond acceptors (Lipinski definition) is 3. The number of pyridine rings is 1. The SMILES string of the molecule is CCCCCSC(C)c1ccc(C(=O)NC(C)C)nc1. The quantitative estimate of drug-likeness (QED) is 0.730. The van der Waals surface area contributed by atoms with Gasteiger partial charge in [-0.15, -0.1) is 0 Å². The van der Waals surface area contributed by atoms with E-state index in [0.29, 0.717) is 10.9 Å². The molecule has 0 aromatic carbocycles. The molecule has 1 heterocycles. The molecule has 0 saturated carbocycles. The van der Waals surface area contributed by atoms with Gasteiger partial charge in [-0.2, -0.15) is 11.8 Å². The van der Waals surface area contributed by atoms with Gasteiger partial charge in [-0.25, -0.2) is 0 Å². The molecule has 1 N–H and O–H groups in total. The van der Waals surface area contributed by atoms with E-state index in [1.807, 2.05) is 43.9 Å². The fraction of sp³-hybridized carbons (Fsp3) is 0.625. The molecule has 1 aromatic rings. The van der Waals surface area contributed by atoms with Gasteiger partial charge in [0.15, 0.2) is 0 Å². The first kappa shape index (κ1) is 17.0. The van der Waals surface area contributed by atoms with Crippen molar-refractivity contribution in [3.05, 3.63) is 29.6 Å². The van der Waals surface area contributed by atoms with Crippen LogP contribution in [-0.2, 0) is 0 Å². The lowest BCUT2D eigenvalue weighted by Crippen LogP contribution is -2.30. The minimum Gasteiger partial charge on any atom is -0.349 e. The largest absolute Gasteiger partial charge is 0.349 e. The van der Waals surface area contributed by atoms with Crippen molar-refractivity contribution in [1.82, 2.24) is 10.3 Å². The normalized spacial score (nSPS) is 12.4. The first-order valence-corrected chi connectivity index (χ1v) is 8.47. The van der Waals surface area contributed by atoms with Crippen LogP contribution >= 0.6 is 11.8 Å². The van der Waals surface area contributed by atoms with Crippen molar-refractivity contribution >= 4 is 17.7 Å². The van der Waals surface area contributed by atoms with Gasteiger partial charge in [-0.3, -0.25) is 9.78 Å². The Morgan fingerprint density at radius 2 is 2.05 bits per heavy atom. The maximum Gasteiger partial charge on any atom is 0.270 e. The lowest BCUT2D eigenvalue weighted by atomic mass is 10.2. The molecular weight excluding hydrogens is 268 g/mol. The van der Waals surface area contributed by atoms with E-state index in [1.54, 1.807) is 0 Å². The lowest BCUT2D eigenvalue weighted by molar-refractivity contribution is 0.0938. The molecule has 0 radical (unpaired) electrons. The molecule has 1 amide bonds. The summed E-state index contributed by atoms with van der Waals surface area (Å²) in [5.74, 6) is 1.08. The second-order valence-corrected chi connectivity index (χ2v) is 6.77. The number of carbonyl (C=O) groups excluding carboxylic acids is 1. The zero-order chi connectivity index (χ0) is 15.0. The summed E-state index contributed by atoms with van der Waals surface area (Å²) in [5, 5.41) is 3.28. The smallest absolute Gasteiger partial charge is 0.270 e. The van der Waals surface area contributed by atoms with Gasteiger partial charge < -0.3 is 5.32 Å². The fourth-order valence-corrected chi connectivity index (χ4v) is 2.88. The molecule has 112 valence electrons. The lowest BCUT2D eigenvalue weighted by Gasteiger charge is -2.12. The van der Waals surface area contributed by atoms with Crippen LogP contribution in [0, 0.1) is 0 Å². The number of rotatable bonds is 8. The first-order chi connectivity index (χ1) is 9.54. The summed E-state index contributed by atoms with van der Waals surface area (Å²) in [6.45, 7) is 8.31. The molecule has 0 fully saturated rings. The molecule has 0 aliphatic heterocycles. The second-order valence-electron chi connectivity index (χ2n) is 5.33. The van der Waals surface area contributed by atoms with E-state index in [1.165, 1.54) is 30.6 Å². The highest BCUT2D eigenvalue weighted by Crippen LogP contribution is 2.28. The molecule has 0 aliphatic rings. The number of nitrogens with one attached hydrogen (secondary N) is 1. The van der Waals surface area contributed by atoms with Crippen LogP contribution in [0.1, 0.15) is 68.3 Å². The summed E-state index contributed by atoms with van der Waals surface area (Å²) in [6, 6.07) is 3.97. The summed E-state index contributed by atoms with van der Waals surface area (Å²) >= 11 is 1.95. The van der Waals surface area contributed by atoms with Crippen LogP contribution in [0.2, 0.25) is 0 Å². The topological polar surface area (TPSA) is 42.0 Å². The molecule has 0 aliphatic carbocycles. The van der Waals surface area contributed by atoms with E-state index >= 15 is 0 Å². The van der Waals surface area contributed by atoms with Crippen molar-refractivity contribution in [2.45, 2.75) is 58.2 Å². The van der Waals surface area contributed by atoms with Crippen molar-refractivity contribution in [2.75, 3.05) is 5.75 Å². The Morgan fingerprint density at radius 1 is 1.30 bits per heavy atom. The number of amides is 1. The van der Waals surface area contributed by atoms with Crippen LogP contribution in [0.4, 0.5) is 0 Å². The van der Waals surface area contributed by atoms with E-state index < -0.39 is 0 Å². The van der Waals surface area contributed by atoms with Crippen LogP contribution < -0.4 is 5.32 Å². The van der Waals surface area contributed by atoms with Gasteiger partial charge in [0.1, 0.15) is 5.69 Å². The minimum absolute atomic E-state index is 0.102. The summed E-state index contributed by atoms with van der Waals surface area (Å²) in [4.78, 5) is 16.1. The Hall–Kier alpha value is -1.03. The van der Waals surface area contributed by atoms with Crippen LogP contribution in [0.25, 0.3) is 0 Å². The maximum absolute atomic E-state index is 11.8. The van der Waals surface area contributed by atoms with Crippen molar-refractivity contribution in [3.63, 3.8) is 0 Å². The number of carbonyl (C=O) groups is 1. The van der Waals surface area contributed by atoms with E-state index in [2.05, 4.69) is 24.1 Å². The third-order valence-electron chi connectivity index (χ3n) is 3.02. The van der Waals surface area contributed by atoms with E-state index in [4.69, 9.17) is 0 Å². The molecule has 3 nitrogen and oxygen atoms in total. The number of hydrogen-bond donors (Lipinski definition) is 1.